The standard InChI is InChI=1S/C20H30N2O3/c1-15-12-22(13-17-3-2-10-23-17)9-7-18(15)21-8-6-16-4-5-19-20(11-16)25-14-24-19/h4-5,11,15,17-18,21H,2-3,6-10,12-14H2,1H3/t15-,17+,18+/m1/s1. The van der Waals surface area contributed by atoms with Gasteiger partial charge in [-0.05, 0) is 62.4 Å². The molecule has 0 amide bonds. The second-order valence-corrected chi connectivity index (χ2v) is 7.66. The largest absolute Gasteiger partial charge is 0.454 e. The summed E-state index contributed by atoms with van der Waals surface area (Å²) >= 11 is 0. The summed E-state index contributed by atoms with van der Waals surface area (Å²) in [5, 5.41) is 3.77. The second kappa shape index (κ2) is 7.94. The Morgan fingerprint density at radius 1 is 1.20 bits per heavy atom. The molecular formula is C20H30N2O3. The van der Waals surface area contributed by atoms with Crippen LogP contribution in [0.3, 0.4) is 0 Å². The van der Waals surface area contributed by atoms with Gasteiger partial charge in [0.2, 0.25) is 6.79 Å². The van der Waals surface area contributed by atoms with Crippen molar-refractivity contribution in [3.8, 4) is 11.5 Å². The molecule has 3 heterocycles. The number of piperidine rings is 1. The zero-order chi connectivity index (χ0) is 17.1. The third-order valence-electron chi connectivity index (χ3n) is 5.73. The highest BCUT2D eigenvalue weighted by Gasteiger charge is 2.28. The van der Waals surface area contributed by atoms with E-state index in [1.54, 1.807) is 0 Å². The predicted molar refractivity (Wildman–Crippen MR) is 97.3 cm³/mol. The number of ether oxygens (including phenoxy) is 3. The third-order valence-corrected chi connectivity index (χ3v) is 5.73. The van der Waals surface area contributed by atoms with Crippen LogP contribution < -0.4 is 14.8 Å². The Bertz CT molecular complexity index is 574. The molecule has 0 unspecified atom stereocenters. The lowest BCUT2D eigenvalue weighted by Crippen LogP contribution is -2.50. The van der Waals surface area contributed by atoms with Crippen molar-refractivity contribution in [3.05, 3.63) is 23.8 Å². The minimum atomic E-state index is 0.346. The Kier molecular flexibility index (Phi) is 5.44. The summed E-state index contributed by atoms with van der Waals surface area (Å²) in [4.78, 5) is 2.59. The van der Waals surface area contributed by atoms with Crippen molar-refractivity contribution < 1.29 is 14.2 Å². The lowest BCUT2D eigenvalue weighted by molar-refractivity contribution is 0.0514. The van der Waals surface area contributed by atoms with Gasteiger partial charge in [0.15, 0.2) is 11.5 Å². The van der Waals surface area contributed by atoms with Gasteiger partial charge in [0.05, 0.1) is 6.10 Å². The SMILES string of the molecule is C[C@@H]1CN(C[C@@H]2CCCO2)CC[C@@H]1NCCc1ccc2c(c1)OCO2. The second-order valence-electron chi connectivity index (χ2n) is 7.66. The number of nitrogens with zero attached hydrogens (tertiary/aromatic N) is 1. The summed E-state index contributed by atoms with van der Waals surface area (Å²) in [6, 6.07) is 6.89. The van der Waals surface area contributed by atoms with E-state index in [-0.39, 0.29) is 0 Å². The van der Waals surface area contributed by atoms with Crippen molar-refractivity contribution in [2.24, 2.45) is 5.92 Å². The highest BCUT2D eigenvalue weighted by molar-refractivity contribution is 5.44. The van der Waals surface area contributed by atoms with E-state index in [0.717, 1.165) is 37.6 Å². The molecule has 0 spiro atoms. The van der Waals surface area contributed by atoms with Crippen LogP contribution in [0, 0.1) is 5.92 Å². The zero-order valence-corrected chi connectivity index (χ0v) is 15.2. The number of likely N-dealkylation sites (tertiary alicyclic amines) is 1. The van der Waals surface area contributed by atoms with Crippen molar-refractivity contribution in [3.63, 3.8) is 0 Å². The van der Waals surface area contributed by atoms with Gasteiger partial charge in [0.1, 0.15) is 0 Å². The average Bonchev–Trinajstić information content (AvgIpc) is 3.28. The molecule has 2 saturated heterocycles. The predicted octanol–water partition coefficient (Wildman–Crippen LogP) is 2.44. The molecule has 0 radical (unpaired) electrons. The molecule has 1 aromatic rings. The molecule has 4 rings (SSSR count). The minimum absolute atomic E-state index is 0.346. The van der Waals surface area contributed by atoms with Crippen LogP contribution in [0.4, 0.5) is 0 Å². The maximum absolute atomic E-state index is 5.79. The first kappa shape index (κ1) is 17.1. The smallest absolute Gasteiger partial charge is 0.231 e. The van der Waals surface area contributed by atoms with Gasteiger partial charge in [-0.3, -0.25) is 0 Å². The van der Waals surface area contributed by atoms with Crippen LogP contribution in [0.1, 0.15) is 31.7 Å². The molecule has 3 aliphatic heterocycles. The van der Waals surface area contributed by atoms with Gasteiger partial charge < -0.3 is 24.4 Å². The molecule has 0 saturated carbocycles. The summed E-state index contributed by atoms with van der Waals surface area (Å²) in [5.41, 5.74) is 1.31. The molecule has 2 fully saturated rings. The van der Waals surface area contributed by atoms with Crippen LogP contribution in [0.2, 0.25) is 0 Å². The van der Waals surface area contributed by atoms with Crippen molar-refractivity contribution >= 4 is 0 Å². The molecule has 3 atom stereocenters. The Morgan fingerprint density at radius 3 is 2.96 bits per heavy atom. The molecule has 0 bridgehead atoms. The van der Waals surface area contributed by atoms with Gasteiger partial charge in [0.25, 0.3) is 0 Å². The van der Waals surface area contributed by atoms with Crippen LogP contribution >= 0.6 is 0 Å². The van der Waals surface area contributed by atoms with Gasteiger partial charge in [-0.25, -0.2) is 0 Å². The maximum Gasteiger partial charge on any atom is 0.231 e. The monoisotopic (exact) mass is 346 g/mol. The summed E-state index contributed by atoms with van der Waals surface area (Å²) in [6.07, 6.45) is 5.21. The van der Waals surface area contributed by atoms with Crippen molar-refractivity contribution in [1.82, 2.24) is 10.2 Å². The number of rotatable bonds is 6. The average molecular weight is 346 g/mol. The Morgan fingerprint density at radius 2 is 2.12 bits per heavy atom. The summed E-state index contributed by atoms with van der Waals surface area (Å²) in [7, 11) is 0. The molecule has 1 aromatic carbocycles. The van der Waals surface area contributed by atoms with E-state index in [4.69, 9.17) is 14.2 Å². The van der Waals surface area contributed by atoms with Crippen molar-refractivity contribution in [1.29, 1.82) is 0 Å². The highest BCUT2D eigenvalue weighted by Crippen LogP contribution is 2.32. The number of hydrogen-bond donors (Lipinski definition) is 1. The number of benzene rings is 1. The minimum Gasteiger partial charge on any atom is -0.454 e. The van der Waals surface area contributed by atoms with E-state index in [1.165, 1.54) is 37.9 Å². The van der Waals surface area contributed by atoms with Gasteiger partial charge in [-0.2, -0.15) is 0 Å². The van der Waals surface area contributed by atoms with Gasteiger partial charge in [-0.1, -0.05) is 13.0 Å². The fourth-order valence-corrected chi connectivity index (χ4v) is 4.28. The lowest BCUT2D eigenvalue weighted by Gasteiger charge is -2.38. The van der Waals surface area contributed by atoms with E-state index in [2.05, 4.69) is 29.3 Å². The third kappa shape index (κ3) is 4.27. The lowest BCUT2D eigenvalue weighted by atomic mass is 9.93. The Balaban J connectivity index is 1.20. The first-order valence-electron chi connectivity index (χ1n) is 9.74. The summed E-state index contributed by atoms with van der Waals surface area (Å²) in [5.74, 6) is 2.43. The van der Waals surface area contributed by atoms with E-state index < -0.39 is 0 Å². The highest BCUT2D eigenvalue weighted by atomic mass is 16.7. The molecule has 5 nitrogen and oxygen atoms in total. The Labute approximate surface area is 150 Å². The van der Waals surface area contributed by atoms with Crippen molar-refractivity contribution in [2.45, 2.75) is 44.8 Å². The molecule has 1 N–H and O–H groups in total. The van der Waals surface area contributed by atoms with Crippen molar-refractivity contribution in [2.75, 3.05) is 39.6 Å². The molecule has 138 valence electrons. The molecular weight excluding hydrogens is 316 g/mol. The van der Waals surface area contributed by atoms with Crippen LogP contribution in [0.25, 0.3) is 0 Å². The van der Waals surface area contributed by atoms with Crippen LogP contribution in [-0.2, 0) is 11.2 Å². The molecule has 3 aliphatic rings. The van der Waals surface area contributed by atoms with Gasteiger partial charge >= 0.3 is 0 Å². The molecule has 5 heteroatoms. The number of hydrogen-bond acceptors (Lipinski definition) is 5. The first-order chi connectivity index (χ1) is 12.3. The Hall–Kier alpha value is -1.30. The van der Waals surface area contributed by atoms with E-state index >= 15 is 0 Å². The fraction of sp³-hybridized carbons (Fsp3) is 0.700. The summed E-state index contributed by atoms with van der Waals surface area (Å²) in [6.45, 7) is 8.18. The van der Waals surface area contributed by atoms with Crippen LogP contribution in [0.5, 0.6) is 11.5 Å². The van der Waals surface area contributed by atoms with E-state index in [9.17, 15) is 0 Å². The fourth-order valence-electron chi connectivity index (χ4n) is 4.28. The molecule has 0 aromatic heterocycles. The topological polar surface area (TPSA) is 43.0 Å². The first-order valence-corrected chi connectivity index (χ1v) is 9.74. The van der Waals surface area contributed by atoms with E-state index in [0.29, 0.717) is 24.9 Å². The number of nitrogens with one attached hydrogen (secondary N) is 1. The number of fused-ring (bicyclic) bond motifs is 1. The van der Waals surface area contributed by atoms with Crippen LogP contribution in [0.15, 0.2) is 18.2 Å². The van der Waals surface area contributed by atoms with Gasteiger partial charge in [0, 0.05) is 25.7 Å². The van der Waals surface area contributed by atoms with Crippen LogP contribution in [-0.4, -0.2) is 56.6 Å². The van der Waals surface area contributed by atoms with Gasteiger partial charge in [-0.15, -0.1) is 0 Å². The van der Waals surface area contributed by atoms with E-state index in [1.807, 2.05) is 6.07 Å². The molecule has 0 aliphatic carbocycles. The maximum atomic E-state index is 5.79. The summed E-state index contributed by atoms with van der Waals surface area (Å²) < 4.78 is 16.6. The normalized spacial score (nSPS) is 29.2. The molecule has 25 heavy (non-hydrogen) atoms. The zero-order valence-electron chi connectivity index (χ0n) is 15.2. The quantitative estimate of drug-likeness (QED) is 0.857.